The Kier molecular flexibility index (Phi) is 6.79. The van der Waals surface area contributed by atoms with Gasteiger partial charge in [-0.1, -0.05) is 29.8 Å². The standard InChI is InChI=1S/C15H15BrClNO3S2/c1-21-15-13(16)9-11(17)10-14(15)23(19,20)18-7-8-22-12-5-3-2-4-6-12/h2-6,9-10,18H,7-8H2,1H3. The van der Waals surface area contributed by atoms with E-state index in [1.807, 2.05) is 30.3 Å². The Morgan fingerprint density at radius 3 is 2.61 bits per heavy atom. The van der Waals surface area contributed by atoms with Crippen LogP contribution in [-0.2, 0) is 10.0 Å². The van der Waals surface area contributed by atoms with Gasteiger partial charge in [0.25, 0.3) is 0 Å². The van der Waals surface area contributed by atoms with Crippen molar-refractivity contribution in [2.24, 2.45) is 0 Å². The molecule has 8 heteroatoms. The van der Waals surface area contributed by atoms with Crippen molar-refractivity contribution in [3.05, 3.63) is 52.0 Å². The fourth-order valence-corrected chi connectivity index (χ4v) is 5.21. The summed E-state index contributed by atoms with van der Waals surface area (Å²) < 4.78 is 33.1. The Bertz CT molecular complexity index is 770. The summed E-state index contributed by atoms with van der Waals surface area (Å²) in [5.41, 5.74) is 0. The van der Waals surface area contributed by atoms with Gasteiger partial charge >= 0.3 is 0 Å². The van der Waals surface area contributed by atoms with Crippen LogP contribution >= 0.6 is 39.3 Å². The molecule has 0 aliphatic carbocycles. The second-order valence-corrected chi connectivity index (χ2v) is 8.67. The number of ether oxygens (including phenoxy) is 1. The van der Waals surface area contributed by atoms with Gasteiger partial charge in [-0.05, 0) is 40.2 Å². The topological polar surface area (TPSA) is 55.4 Å². The zero-order chi connectivity index (χ0) is 16.9. The molecule has 1 N–H and O–H groups in total. The predicted molar refractivity (Wildman–Crippen MR) is 98.1 cm³/mol. The van der Waals surface area contributed by atoms with Gasteiger partial charge in [0.1, 0.15) is 4.90 Å². The molecular formula is C15H15BrClNO3S2. The zero-order valence-corrected chi connectivity index (χ0v) is 16.2. The minimum Gasteiger partial charge on any atom is -0.494 e. The van der Waals surface area contributed by atoms with E-state index in [0.717, 1.165) is 4.90 Å². The van der Waals surface area contributed by atoms with Crippen LogP contribution in [0.5, 0.6) is 5.75 Å². The third-order valence-corrected chi connectivity index (χ3v) is 6.16. The molecule has 0 spiro atoms. The molecule has 0 aliphatic rings. The molecule has 2 rings (SSSR count). The number of hydrogen-bond acceptors (Lipinski definition) is 4. The summed E-state index contributed by atoms with van der Waals surface area (Å²) in [5.74, 6) is 0.852. The van der Waals surface area contributed by atoms with E-state index in [0.29, 0.717) is 21.8 Å². The molecule has 0 aliphatic heterocycles. The van der Waals surface area contributed by atoms with E-state index in [4.69, 9.17) is 16.3 Å². The maximum absolute atomic E-state index is 12.4. The highest BCUT2D eigenvalue weighted by atomic mass is 79.9. The predicted octanol–water partition coefficient (Wildman–Crippen LogP) is 4.18. The van der Waals surface area contributed by atoms with Crippen molar-refractivity contribution in [3.63, 3.8) is 0 Å². The fraction of sp³-hybridized carbons (Fsp3) is 0.200. The van der Waals surface area contributed by atoms with Crippen LogP contribution in [0.25, 0.3) is 0 Å². The van der Waals surface area contributed by atoms with Gasteiger partial charge in [0.15, 0.2) is 5.75 Å². The van der Waals surface area contributed by atoms with Crippen LogP contribution in [-0.4, -0.2) is 27.8 Å². The van der Waals surface area contributed by atoms with E-state index in [9.17, 15) is 8.42 Å². The van der Waals surface area contributed by atoms with Crippen molar-refractivity contribution < 1.29 is 13.2 Å². The normalized spacial score (nSPS) is 11.4. The number of hydrogen-bond donors (Lipinski definition) is 1. The number of methoxy groups -OCH3 is 1. The minimum atomic E-state index is -3.71. The summed E-state index contributed by atoms with van der Waals surface area (Å²) in [6.45, 7) is 0.301. The van der Waals surface area contributed by atoms with Crippen LogP contribution in [0.15, 0.2) is 56.7 Å². The third-order valence-electron chi connectivity index (χ3n) is 2.87. The Balaban J connectivity index is 2.05. The number of halogens is 2. The van der Waals surface area contributed by atoms with Crippen LogP contribution in [0, 0.1) is 0 Å². The summed E-state index contributed by atoms with van der Waals surface area (Å²) >= 11 is 10.8. The molecule has 124 valence electrons. The molecule has 0 atom stereocenters. The van der Waals surface area contributed by atoms with Gasteiger partial charge in [0.2, 0.25) is 10.0 Å². The molecule has 0 radical (unpaired) electrons. The van der Waals surface area contributed by atoms with Crippen LogP contribution in [0.3, 0.4) is 0 Å². The molecule has 2 aromatic rings. The molecule has 4 nitrogen and oxygen atoms in total. The van der Waals surface area contributed by atoms with E-state index in [1.54, 1.807) is 17.8 Å². The zero-order valence-electron chi connectivity index (χ0n) is 12.3. The lowest BCUT2D eigenvalue weighted by atomic mass is 10.3. The molecule has 0 fully saturated rings. The van der Waals surface area contributed by atoms with Gasteiger partial charge in [-0.2, -0.15) is 0 Å². The lowest BCUT2D eigenvalue weighted by Gasteiger charge is -2.12. The van der Waals surface area contributed by atoms with Crippen molar-refractivity contribution in [1.29, 1.82) is 0 Å². The van der Waals surface area contributed by atoms with Gasteiger partial charge in [-0.15, -0.1) is 11.8 Å². The lowest BCUT2D eigenvalue weighted by Crippen LogP contribution is -2.26. The second-order valence-electron chi connectivity index (χ2n) is 4.48. The molecule has 23 heavy (non-hydrogen) atoms. The van der Waals surface area contributed by atoms with Crippen molar-refractivity contribution >= 4 is 49.3 Å². The van der Waals surface area contributed by atoms with Crippen LogP contribution in [0.4, 0.5) is 0 Å². The van der Waals surface area contributed by atoms with Gasteiger partial charge in [-0.3, -0.25) is 0 Å². The van der Waals surface area contributed by atoms with Crippen LogP contribution < -0.4 is 9.46 Å². The summed E-state index contributed by atoms with van der Waals surface area (Å²) in [6, 6.07) is 12.8. The highest BCUT2D eigenvalue weighted by Gasteiger charge is 2.22. The summed E-state index contributed by atoms with van der Waals surface area (Å²) in [5, 5.41) is 0.316. The third kappa shape index (κ3) is 5.12. The number of sulfonamides is 1. The van der Waals surface area contributed by atoms with E-state index < -0.39 is 10.0 Å². The Hall–Kier alpha value is -0.730. The van der Waals surface area contributed by atoms with Gasteiger partial charge < -0.3 is 4.74 Å². The molecule has 0 saturated carbocycles. The van der Waals surface area contributed by atoms with E-state index in [-0.39, 0.29) is 10.6 Å². The first-order valence-electron chi connectivity index (χ1n) is 6.64. The number of nitrogens with one attached hydrogen (secondary N) is 1. The Labute approximate surface area is 153 Å². The monoisotopic (exact) mass is 435 g/mol. The highest BCUT2D eigenvalue weighted by molar-refractivity contribution is 9.10. The van der Waals surface area contributed by atoms with Crippen molar-refractivity contribution in [3.8, 4) is 5.75 Å². The lowest BCUT2D eigenvalue weighted by molar-refractivity contribution is 0.399. The average Bonchev–Trinajstić information content (AvgIpc) is 2.52. The van der Waals surface area contributed by atoms with Crippen LogP contribution in [0.2, 0.25) is 5.02 Å². The summed E-state index contributed by atoms with van der Waals surface area (Å²) in [6.07, 6.45) is 0. The SMILES string of the molecule is COc1c(Br)cc(Cl)cc1S(=O)(=O)NCCSc1ccccc1. The molecule has 0 aromatic heterocycles. The smallest absolute Gasteiger partial charge is 0.244 e. The quantitative estimate of drug-likeness (QED) is 0.522. The van der Waals surface area contributed by atoms with E-state index >= 15 is 0 Å². The van der Waals surface area contributed by atoms with Crippen molar-refractivity contribution in [2.75, 3.05) is 19.4 Å². The molecule has 2 aromatic carbocycles. The molecule has 0 unspecified atom stereocenters. The Morgan fingerprint density at radius 1 is 1.26 bits per heavy atom. The molecule has 0 saturated heterocycles. The number of benzene rings is 2. The minimum absolute atomic E-state index is 0.0177. The summed E-state index contributed by atoms with van der Waals surface area (Å²) in [7, 11) is -2.29. The first kappa shape index (κ1) is 18.6. The molecule has 0 bridgehead atoms. The van der Waals surface area contributed by atoms with Crippen molar-refractivity contribution in [2.45, 2.75) is 9.79 Å². The van der Waals surface area contributed by atoms with Crippen LogP contribution in [0.1, 0.15) is 0 Å². The maximum atomic E-state index is 12.4. The number of rotatable bonds is 7. The fourth-order valence-electron chi connectivity index (χ4n) is 1.87. The number of thioether (sulfide) groups is 1. The van der Waals surface area contributed by atoms with Crippen molar-refractivity contribution in [1.82, 2.24) is 4.72 Å². The highest BCUT2D eigenvalue weighted by Crippen LogP contribution is 2.35. The average molecular weight is 437 g/mol. The first-order chi connectivity index (χ1) is 10.9. The Morgan fingerprint density at radius 2 is 1.96 bits per heavy atom. The van der Waals surface area contributed by atoms with Gasteiger partial charge in [0, 0.05) is 22.2 Å². The van der Waals surface area contributed by atoms with E-state index in [1.165, 1.54) is 13.2 Å². The molecule has 0 heterocycles. The summed E-state index contributed by atoms with van der Waals surface area (Å²) in [4.78, 5) is 1.11. The van der Waals surface area contributed by atoms with Gasteiger partial charge in [-0.25, -0.2) is 13.1 Å². The van der Waals surface area contributed by atoms with E-state index in [2.05, 4.69) is 20.7 Å². The first-order valence-corrected chi connectivity index (χ1v) is 10.3. The second kappa shape index (κ2) is 8.39. The van der Waals surface area contributed by atoms with Gasteiger partial charge in [0.05, 0.1) is 11.6 Å². The maximum Gasteiger partial charge on any atom is 0.244 e. The molecular weight excluding hydrogens is 422 g/mol. The molecule has 0 amide bonds. The largest absolute Gasteiger partial charge is 0.494 e.